The van der Waals surface area contributed by atoms with Gasteiger partial charge in [-0.1, -0.05) is 12.1 Å². The van der Waals surface area contributed by atoms with Gasteiger partial charge in [0.2, 0.25) is 5.43 Å². The molecule has 2 amide bonds. The van der Waals surface area contributed by atoms with Gasteiger partial charge in [-0.15, -0.1) is 0 Å². The number of piperidine rings is 1. The highest BCUT2D eigenvalue weighted by atomic mass is 19.1. The van der Waals surface area contributed by atoms with E-state index in [0.717, 1.165) is 24.8 Å². The number of nitrogens with zero attached hydrogens (tertiary/aromatic N) is 2. The summed E-state index contributed by atoms with van der Waals surface area (Å²) in [4.78, 5) is 40.1. The van der Waals surface area contributed by atoms with Crippen LogP contribution in [0.1, 0.15) is 51.2 Å². The lowest BCUT2D eigenvalue weighted by molar-refractivity contribution is 0.0482. The summed E-state index contributed by atoms with van der Waals surface area (Å²) in [6.07, 6.45) is 4.31. The fourth-order valence-electron chi connectivity index (χ4n) is 5.22. The molecule has 2 aliphatic heterocycles. The Bertz CT molecular complexity index is 1140. The second kappa shape index (κ2) is 6.68. The number of carbonyl (C=O) groups excluding carboxylic acids is 2. The van der Waals surface area contributed by atoms with Crippen molar-refractivity contribution in [2.75, 3.05) is 0 Å². The normalized spacial score (nSPS) is 24.0. The van der Waals surface area contributed by atoms with Crippen LogP contribution in [0, 0.1) is 18.7 Å². The maximum Gasteiger partial charge on any atom is 0.275 e. The number of carbonyl (C=O) groups is 2. The molecule has 2 N–H and O–H groups in total. The van der Waals surface area contributed by atoms with E-state index in [4.69, 9.17) is 0 Å². The molecule has 3 aliphatic rings. The van der Waals surface area contributed by atoms with Crippen LogP contribution in [0.2, 0.25) is 0 Å². The quantitative estimate of drug-likeness (QED) is 0.808. The first kappa shape index (κ1) is 18.8. The number of nitrogens with one attached hydrogen (secondary N) is 1. The van der Waals surface area contributed by atoms with Crippen LogP contribution in [0.5, 0.6) is 5.75 Å². The number of benzene rings is 1. The van der Waals surface area contributed by atoms with E-state index in [9.17, 15) is 23.9 Å². The van der Waals surface area contributed by atoms with Crippen molar-refractivity contribution in [3.63, 3.8) is 0 Å². The molecule has 156 valence electrons. The summed E-state index contributed by atoms with van der Waals surface area (Å²) >= 11 is 0. The summed E-state index contributed by atoms with van der Waals surface area (Å²) in [5.74, 6) is -1.79. The molecule has 8 heteroatoms. The van der Waals surface area contributed by atoms with E-state index >= 15 is 0 Å². The molecular formula is C22H22FN3O4. The number of hydrogen-bond donors (Lipinski definition) is 2. The molecule has 2 aromatic rings. The summed E-state index contributed by atoms with van der Waals surface area (Å²) in [7, 11) is 0. The molecule has 1 aliphatic carbocycles. The molecule has 0 unspecified atom stereocenters. The molecule has 30 heavy (non-hydrogen) atoms. The maximum atomic E-state index is 14.0. The zero-order chi connectivity index (χ0) is 21.2. The summed E-state index contributed by atoms with van der Waals surface area (Å²) in [5, 5.41) is 13.0. The second-order valence-corrected chi connectivity index (χ2v) is 8.51. The van der Waals surface area contributed by atoms with E-state index in [2.05, 4.69) is 5.32 Å². The summed E-state index contributed by atoms with van der Waals surface area (Å²) in [6.45, 7) is 2.12. The van der Waals surface area contributed by atoms with Crippen LogP contribution in [0.4, 0.5) is 4.39 Å². The van der Waals surface area contributed by atoms with Crippen LogP contribution in [0.15, 0.2) is 29.2 Å². The Labute approximate surface area is 172 Å². The lowest BCUT2D eigenvalue weighted by Crippen LogP contribution is -2.52. The van der Waals surface area contributed by atoms with Gasteiger partial charge in [0, 0.05) is 30.9 Å². The predicted octanol–water partition coefficient (Wildman–Crippen LogP) is 1.94. The zero-order valence-corrected chi connectivity index (χ0v) is 16.5. The fourth-order valence-corrected chi connectivity index (χ4v) is 5.22. The van der Waals surface area contributed by atoms with E-state index in [1.807, 2.05) is 4.90 Å². The van der Waals surface area contributed by atoms with Gasteiger partial charge in [0.05, 0.1) is 6.04 Å². The average molecular weight is 411 g/mol. The number of aryl methyl sites for hydroxylation is 1. The fraction of sp³-hybridized carbons (Fsp3) is 0.409. The lowest BCUT2D eigenvalue weighted by atomic mass is 9.95. The molecule has 1 aromatic carbocycles. The third kappa shape index (κ3) is 2.74. The van der Waals surface area contributed by atoms with E-state index < -0.39 is 22.9 Å². The van der Waals surface area contributed by atoms with Gasteiger partial charge < -0.3 is 19.9 Å². The molecular weight excluding hydrogens is 389 g/mol. The van der Waals surface area contributed by atoms with Crippen LogP contribution in [0.3, 0.4) is 0 Å². The Morgan fingerprint density at radius 3 is 2.87 bits per heavy atom. The van der Waals surface area contributed by atoms with Gasteiger partial charge in [-0.3, -0.25) is 14.4 Å². The van der Waals surface area contributed by atoms with Crippen molar-refractivity contribution >= 4 is 11.8 Å². The maximum absolute atomic E-state index is 14.0. The number of amides is 2. The number of aromatic hydroxyl groups is 1. The zero-order valence-electron chi connectivity index (χ0n) is 16.5. The van der Waals surface area contributed by atoms with Crippen molar-refractivity contribution in [1.29, 1.82) is 0 Å². The smallest absolute Gasteiger partial charge is 0.275 e. The number of rotatable bonds is 3. The molecule has 7 nitrogen and oxygen atoms in total. The van der Waals surface area contributed by atoms with Crippen LogP contribution in [-0.2, 0) is 13.1 Å². The minimum absolute atomic E-state index is 0.0308. The van der Waals surface area contributed by atoms with E-state index in [-0.39, 0.29) is 35.8 Å². The molecule has 5 rings (SSSR count). The number of hydrogen-bond acceptors (Lipinski definition) is 4. The Kier molecular flexibility index (Phi) is 4.20. The van der Waals surface area contributed by atoms with Gasteiger partial charge in [-0.2, -0.15) is 0 Å². The SMILES string of the molecule is Cc1ccc(CNC(=O)c2cn3c(c(O)c2=O)C(=O)N2[C@@H]4CC[C@@H](C4)[C@@H]2C3)c(F)c1. The molecule has 3 atom stereocenters. The first-order valence-electron chi connectivity index (χ1n) is 10.2. The highest BCUT2D eigenvalue weighted by Crippen LogP contribution is 2.45. The number of pyridine rings is 1. The highest BCUT2D eigenvalue weighted by molar-refractivity contribution is 5.99. The van der Waals surface area contributed by atoms with E-state index in [1.54, 1.807) is 19.1 Å². The second-order valence-electron chi connectivity index (χ2n) is 8.51. The topological polar surface area (TPSA) is 91.6 Å². The van der Waals surface area contributed by atoms with Gasteiger partial charge in [-0.05, 0) is 43.7 Å². The molecule has 3 heterocycles. The Morgan fingerprint density at radius 1 is 1.30 bits per heavy atom. The van der Waals surface area contributed by atoms with Gasteiger partial charge in [0.1, 0.15) is 11.4 Å². The molecule has 1 aromatic heterocycles. The largest absolute Gasteiger partial charge is 0.503 e. The monoisotopic (exact) mass is 411 g/mol. The Balaban J connectivity index is 1.44. The van der Waals surface area contributed by atoms with Crippen molar-refractivity contribution in [2.24, 2.45) is 5.92 Å². The van der Waals surface area contributed by atoms with Gasteiger partial charge in [0.15, 0.2) is 11.4 Å². The van der Waals surface area contributed by atoms with Crippen molar-refractivity contribution in [2.45, 2.75) is 51.4 Å². The number of fused-ring (bicyclic) bond motifs is 6. The van der Waals surface area contributed by atoms with Crippen LogP contribution in [-0.4, -0.2) is 38.5 Å². The molecule has 1 saturated carbocycles. The Morgan fingerprint density at radius 2 is 2.10 bits per heavy atom. The van der Waals surface area contributed by atoms with Crippen LogP contribution >= 0.6 is 0 Å². The number of halogens is 1. The summed E-state index contributed by atoms with van der Waals surface area (Å²) in [6, 6.07) is 4.88. The van der Waals surface area contributed by atoms with Gasteiger partial charge in [0.25, 0.3) is 11.8 Å². The van der Waals surface area contributed by atoms with Gasteiger partial charge in [-0.25, -0.2) is 4.39 Å². The molecule has 2 fully saturated rings. The molecule has 0 spiro atoms. The first-order chi connectivity index (χ1) is 14.3. The van der Waals surface area contributed by atoms with E-state index in [1.165, 1.54) is 16.8 Å². The third-order valence-electron chi connectivity index (χ3n) is 6.71. The minimum atomic E-state index is -0.890. The average Bonchev–Trinajstić information content (AvgIpc) is 3.32. The Hall–Kier alpha value is -3.16. The lowest BCUT2D eigenvalue weighted by Gasteiger charge is -2.40. The summed E-state index contributed by atoms with van der Waals surface area (Å²) in [5.41, 5.74) is -0.138. The first-order valence-corrected chi connectivity index (χ1v) is 10.2. The molecule has 0 radical (unpaired) electrons. The van der Waals surface area contributed by atoms with Crippen LogP contribution in [0.25, 0.3) is 0 Å². The van der Waals surface area contributed by atoms with Crippen molar-refractivity contribution < 1.29 is 19.1 Å². The number of aromatic nitrogens is 1. The van der Waals surface area contributed by atoms with Crippen molar-refractivity contribution in [3.8, 4) is 5.75 Å². The van der Waals surface area contributed by atoms with E-state index in [0.29, 0.717) is 18.0 Å². The van der Waals surface area contributed by atoms with Crippen molar-refractivity contribution in [1.82, 2.24) is 14.8 Å². The van der Waals surface area contributed by atoms with Crippen molar-refractivity contribution in [3.05, 3.63) is 62.8 Å². The minimum Gasteiger partial charge on any atom is -0.503 e. The highest BCUT2D eigenvalue weighted by Gasteiger charge is 2.51. The standard InChI is InChI=1S/C22H22FN3O4/c1-11-2-3-13(16(23)6-11)8-24-21(29)15-9-25-10-17-12-4-5-14(7-12)26(17)22(30)18(25)20(28)19(15)27/h2-3,6,9,12,14,17,28H,4-5,7-8,10H2,1H3,(H,24,29)/t12-,14+,17-/m0/s1. The predicted molar refractivity (Wildman–Crippen MR) is 106 cm³/mol. The molecule has 2 bridgehead atoms. The van der Waals surface area contributed by atoms with Crippen LogP contribution < -0.4 is 10.7 Å². The molecule has 1 saturated heterocycles. The van der Waals surface area contributed by atoms with Gasteiger partial charge >= 0.3 is 0 Å². The summed E-state index contributed by atoms with van der Waals surface area (Å²) < 4.78 is 15.5. The third-order valence-corrected chi connectivity index (χ3v) is 6.71.